The van der Waals surface area contributed by atoms with Gasteiger partial charge >= 0.3 is 0 Å². The summed E-state index contributed by atoms with van der Waals surface area (Å²) in [4.78, 5) is 16.7. The largest absolute Gasteiger partial charge is 0.379 e. The van der Waals surface area contributed by atoms with Gasteiger partial charge in [0.25, 0.3) is 0 Å². The summed E-state index contributed by atoms with van der Waals surface area (Å²) in [5.41, 5.74) is 0.0372. The van der Waals surface area contributed by atoms with Gasteiger partial charge in [0, 0.05) is 32.7 Å². The summed E-state index contributed by atoms with van der Waals surface area (Å²) in [6, 6.07) is 0.373. The summed E-state index contributed by atoms with van der Waals surface area (Å²) in [5, 5.41) is 9.61. The number of carbonyl (C=O) groups is 1. The van der Waals surface area contributed by atoms with E-state index >= 15 is 0 Å². The van der Waals surface area contributed by atoms with Gasteiger partial charge in [-0.25, -0.2) is 0 Å². The van der Waals surface area contributed by atoms with Crippen LogP contribution in [0.25, 0.3) is 0 Å². The highest BCUT2D eigenvalue weighted by Crippen LogP contribution is 2.21. The summed E-state index contributed by atoms with van der Waals surface area (Å²) in [6.07, 6.45) is 6.52. The molecule has 0 heterocycles. The number of hydrogen-bond acceptors (Lipinski definition) is 3. The zero-order chi connectivity index (χ0) is 18.7. The van der Waals surface area contributed by atoms with Crippen molar-refractivity contribution in [3.05, 3.63) is 0 Å². The predicted octanol–water partition coefficient (Wildman–Crippen LogP) is 2.44. The molecule has 25 heavy (non-hydrogen) atoms. The van der Waals surface area contributed by atoms with Gasteiger partial charge in [-0.05, 0) is 25.2 Å². The van der Waals surface area contributed by atoms with Crippen LogP contribution in [-0.2, 0) is 9.53 Å². The molecule has 1 saturated carbocycles. The van der Waals surface area contributed by atoms with Crippen LogP contribution in [0.15, 0.2) is 4.99 Å². The van der Waals surface area contributed by atoms with E-state index < -0.39 is 0 Å². The molecule has 0 radical (unpaired) electrons. The van der Waals surface area contributed by atoms with E-state index in [0.29, 0.717) is 25.6 Å². The third-order valence-corrected chi connectivity index (χ3v) is 4.62. The molecule has 0 spiro atoms. The van der Waals surface area contributed by atoms with Crippen molar-refractivity contribution in [3.63, 3.8) is 0 Å². The zero-order valence-electron chi connectivity index (χ0n) is 16.8. The summed E-state index contributed by atoms with van der Waals surface area (Å²) in [7, 11) is 1.72. The molecule has 1 rings (SSSR count). The summed E-state index contributed by atoms with van der Waals surface area (Å²) in [5.74, 6) is 0.860. The molecule has 1 aliphatic rings. The second-order valence-corrected chi connectivity index (χ2v) is 7.89. The number of guanidine groups is 1. The molecule has 1 unspecified atom stereocenters. The van der Waals surface area contributed by atoms with Crippen molar-refractivity contribution in [1.29, 1.82) is 0 Å². The second kappa shape index (κ2) is 11.3. The monoisotopic (exact) mass is 354 g/mol. The second-order valence-electron chi connectivity index (χ2n) is 7.89. The van der Waals surface area contributed by atoms with E-state index in [2.05, 4.69) is 41.7 Å². The fraction of sp³-hybridized carbons (Fsp3) is 0.895. The smallest absolute Gasteiger partial charge is 0.221 e. The fourth-order valence-electron chi connectivity index (χ4n) is 3.06. The Hall–Kier alpha value is -1.30. The number of rotatable bonds is 8. The Morgan fingerprint density at radius 1 is 1.20 bits per heavy atom. The minimum Gasteiger partial charge on any atom is -0.379 e. The normalized spacial score (nSPS) is 17.9. The zero-order valence-corrected chi connectivity index (χ0v) is 16.8. The number of methoxy groups -OCH3 is 1. The van der Waals surface area contributed by atoms with Gasteiger partial charge in [-0.1, -0.05) is 40.0 Å². The van der Waals surface area contributed by atoms with Gasteiger partial charge in [0.15, 0.2) is 5.96 Å². The van der Waals surface area contributed by atoms with Crippen LogP contribution < -0.4 is 16.0 Å². The van der Waals surface area contributed by atoms with Crippen LogP contribution in [0.5, 0.6) is 0 Å². The molecule has 0 aromatic carbocycles. The van der Waals surface area contributed by atoms with E-state index in [4.69, 9.17) is 4.74 Å². The van der Waals surface area contributed by atoms with Gasteiger partial charge in [-0.2, -0.15) is 0 Å². The first-order chi connectivity index (χ1) is 11.9. The SMILES string of the molecule is CCNC(=NCC(OC)C(C)(C)C)NCCC(=O)NC1CCCCC1. The van der Waals surface area contributed by atoms with Gasteiger partial charge in [-0.15, -0.1) is 0 Å². The highest BCUT2D eigenvalue weighted by molar-refractivity contribution is 5.81. The molecule has 0 saturated heterocycles. The fourth-order valence-corrected chi connectivity index (χ4v) is 3.06. The highest BCUT2D eigenvalue weighted by atomic mass is 16.5. The maximum atomic E-state index is 12.1. The third-order valence-electron chi connectivity index (χ3n) is 4.62. The number of carbonyl (C=O) groups excluding carboxylic acids is 1. The van der Waals surface area contributed by atoms with Gasteiger partial charge in [-0.3, -0.25) is 9.79 Å². The summed E-state index contributed by atoms with van der Waals surface area (Å²) in [6.45, 7) is 10.4. The quantitative estimate of drug-likeness (QED) is 0.462. The minimum atomic E-state index is 0.0372. The molecule has 3 N–H and O–H groups in total. The van der Waals surface area contributed by atoms with Crippen molar-refractivity contribution >= 4 is 11.9 Å². The van der Waals surface area contributed by atoms with Crippen LogP contribution in [0.1, 0.15) is 66.2 Å². The average Bonchev–Trinajstić information content (AvgIpc) is 2.55. The van der Waals surface area contributed by atoms with E-state index in [-0.39, 0.29) is 17.4 Å². The Bertz CT molecular complexity index is 412. The molecule has 0 aromatic rings. The van der Waals surface area contributed by atoms with Crippen molar-refractivity contribution in [1.82, 2.24) is 16.0 Å². The van der Waals surface area contributed by atoms with Gasteiger partial charge in [0.05, 0.1) is 12.6 Å². The molecule has 6 nitrogen and oxygen atoms in total. The first kappa shape index (κ1) is 21.7. The third kappa shape index (κ3) is 9.10. The van der Waals surface area contributed by atoms with Crippen molar-refractivity contribution < 1.29 is 9.53 Å². The predicted molar refractivity (Wildman–Crippen MR) is 104 cm³/mol. The number of nitrogens with zero attached hydrogens (tertiary/aromatic N) is 1. The maximum absolute atomic E-state index is 12.1. The lowest BCUT2D eigenvalue weighted by atomic mass is 9.89. The molecule has 1 atom stereocenters. The number of aliphatic imine (C=N–C) groups is 1. The van der Waals surface area contributed by atoms with Crippen LogP contribution in [-0.4, -0.2) is 50.8 Å². The van der Waals surface area contributed by atoms with Crippen molar-refractivity contribution in [2.24, 2.45) is 10.4 Å². The van der Waals surface area contributed by atoms with Crippen LogP contribution in [0, 0.1) is 5.41 Å². The molecular weight excluding hydrogens is 316 g/mol. The first-order valence-corrected chi connectivity index (χ1v) is 9.71. The van der Waals surface area contributed by atoms with Crippen LogP contribution in [0.4, 0.5) is 0 Å². The number of amides is 1. The van der Waals surface area contributed by atoms with Gasteiger partial charge in [0.2, 0.25) is 5.91 Å². The standard InChI is InChI=1S/C19H38N4O2/c1-6-20-18(22-14-16(25-5)19(2,3)4)21-13-12-17(24)23-15-10-8-7-9-11-15/h15-16H,6-14H2,1-5H3,(H,23,24)(H2,20,21,22). The summed E-state index contributed by atoms with van der Waals surface area (Å²) < 4.78 is 5.54. The molecule has 1 fully saturated rings. The lowest BCUT2D eigenvalue weighted by molar-refractivity contribution is -0.121. The van der Waals surface area contributed by atoms with Gasteiger partial charge < -0.3 is 20.7 Å². The average molecular weight is 355 g/mol. The van der Waals surface area contributed by atoms with Crippen LogP contribution >= 0.6 is 0 Å². The molecule has 0 bridgehead atoms. The minimum absolute atomic E-state index is 0.0372. The van der Waals surface area contributed by atoms with Crippen molar-refractivity contribution in [2.75, 3.05) is 26.7 Å². The highest BCUT2D eigenvalue weighted by Gasteiger charge is 2.24. The van der Waals surface area contributed by atoms with E-state index in [1.165, 1.54) is 19.3 Å². The van der Waals surface area contributed by atoms with Crippen LogP contribution in [0.3, 0.4) is 0 Å². The summed E-state index contributed by atoms with van der Waals surface area (Å²) >= 11 is 0. The number of nitrogens with one attached hydrogen (secondary N) is 3. The molecule has 6 heteroatoms. The molecule has 0 aliphatic heterocycles. The van der Waals surface area contributed by atoms with Crippen molar-refractivity contribution in [3.8, 4) is 0 Å². The van der Waals surface area contributed by atoms with Gasteiger partial charge in [0.1, 0.15) is 0 Å². The molecule has 1 amide bonds. The van der Waals surface area contributed by atoms with E-state index in [1.54, 1.807) is 7.11 Å². The number of ether oxygens (including phenoxy) is 1. The molecule has 0 aromatic heterocycles. The molecular formula is C19H38N4O2. The Labute approximate surface area is 153 Å². The topological polar surface area (TPSA) is 74.8 Å². The molecule has 1 aliphatic carbocycles. The van der Waals surface area contributed by atoms with E-state index in [1.807, 2.05) is 6.92 Å². The Morgan fingerprint density at radius 2 is 1.88 bits per heavy atom. The van der Waals surface area contributed by atoms with E-state index in [0.717, 1.165) is 25.3 Å². The Kier molecular flexibility index (Phi) is 9.86. The lowest BCUT2D eigenvalue weighted by Gasteiger charge is -2.28. The number of hydrogen-bond donors (Lipinski definition) is 3. The van der Waals surface area contributed by atoms with Crippen LogP contribution in [0.2, 0.25) is 0 Å². The lowest BCUT2D eigenvalue weighted by Crippen LogP contribution is -2.42. The van der Waals surface area contributed by atoms with E-state index in [9.17, 15) is 4.79 Å². The Morgan fingerprint density at radius 3 is 2.44 bits per heavy atom. The van der Waals surface area contributed by atoms with Crippen molar-refractivity contribution in [2.45, 2.75) is 78.4 Å². The first-order valence-electron chi connectivity index (χ1n) is 9.71. The molecule has 146 valence electrons. The Balaban J connectivity index is 2.38. The maximum Gasteiger partial charge on any atom is 0.221 e.